The summed E-state index contributed by atoms with van der Waals surface area (Å²) < 4.78 is 0. The van der Waals surface area contributed by atoms with Crippen LogP contribution in [0.3, 0.4) is 0 Å². The van der Waals surface area contributed by atoms with Gasteiger partial charge in [0.1, 0.15) is 23.6 Å². The average Bonchev–Trinajstić information content (AvgIpc) is 2.36. The van der Waals surface area contributed by atoms with Gasteiger partial charge in [-0.3, -0.25) is 0 Å². The van der Waals surface area contributed by atoms with Gasteiger partial charge in [0.15, 0.2) is 6.21 Å². The first-order chi connectivity index (χ1) is 9.49. The van der Waals surface area contributed by atoms with Crippen molar-refractivity contribution in [3.63, 3.8) is 0 Å². The lowest BCUT2D eigenvalue weighted by atomic mass is 10.2. The lowest BCUT2D eigenvalue weighted by Gasteiger charge is -2.07. The Hall–Kier alpha value is -2.15. The molecule has 0 aliphatic rings. The molecule has 0 radical (unpaired) electrons. The number of aromatic nitrogens is 2. The number of aryl methyl sites for hydroxylation is 1. The molecule has 0 saturated carbocycles. The fraction of sp³-hybridized carbons (Fsp3) is 0.333. The zero-order valence-corrected chi connectivity index (χ0v) is 12.3. The van der Waals surface area contributed by atoms with E-state index in [1.807, 2.05) is 0 Å². The largest absolute Gasteiger partial charge is 0.403 e. The molecule has 0 aliphatic carbocycles. The lowest BCUT2D eigenvalue weighted by Crippen LogP contribution is -2.69. The zero-order valence-electron chi connectivity index (χ0n) is 11.6. The molecule has 1 heterocycles. The molecule has 0 atom stereocenters. The molecule has 8 N–H and O–H groups in total. The van der Waals surface area contributed by atoms with Crippen molar-refractivity contribution in [3.8, 4) is 0 Å². The molecule has 0 unspecified atom stereocenters. The number of allylic oxidation sites excluding steroid dienone is 1. The molecule has 0 bridgehead atoms. The second-order valence-corrected chi connectivity index (χ2v) is 4.49. The quantitative estimate of drug-likeness (QED) is 0.384. The predicted octanol–water partition coefficient (Wildman–Crippen LogP) is -2.11. The highest BCUT2D eigenvalue weighted by atomic mass is 35.5. The topological polar surface area (TPSA) is 129 Å². The van der Waals surface area contributed by atoms with E-state index >= 15 is 0 Å². The Morgan fingerprint density at radius 3 is 2.70 bits per heavy atom. The van der Waals surface area contributed by atoms with E-state index < -0.39 is 0 Å². The molecule has 0 fully saturated rings. The smallest absolute Gasteiger partial charge is 0.279 e. The molecule has 7 nitrogen and oxygen atoms in total. The number of rotatable bonds is 6. The van der Waals surface area contributed by atoms with Crippen LogP contribution in [-0.4, -0.2) is 27.9 Å². The number of nitrogens with two attached hydrogens (primary N) is 3. The number of hydrogen-bond donors (Lipinski definition) is 5. The second kappa shape index (κ2) is 7.44. The normalized spacial score (nSPS) is 11.8. The van der Waals surface area contributed by atoms with E-state index in [0.29, 0.717) is 22.9 Å². The number of halogens is 1. The molecule has 1 aromatic heterocycles. The second-order valence-electron chi connectivity index (χ2n) is 4.09. The fourth-order valence-electron chi connectivity index (χ4n) is 1.53. The van der Waals surface area contributed by atoms with Gasteiger partial charge in [-0.25, -0.2) is 15.4 Å². The van der Waals surface area contributed by atoms with Gasteiger partial charge in [-0.15, -0.1) is 0 Å². The van der Waals surface area contributed by atoms with Crippen molar-refractivity contribution in [2.24, 2.45) is 5.73 Å². The third kappa shape index (κ3) is 4.20. The fourth-order valence-corrected chi connectivity index (χ4v) is 1.76. The molecule has 0 aromatic carbocycles. The third-order valence-electron chi connectivity index (χ3n) is 2.44. The van der Waals surface area contributed by atoms with Crippen LogP contribution in [0.15, 0.2) is 11.9 Å². The van der Waals surface area contributed by atoms with Crippen LogP contribution in [-0.2, 0) is 0 Å². The highest BCUT2D eigenvalue weighted by Crippen LogP contribution is 2.16. The van der Waals surface area contributed by atoms with Crippen LogP contribution in [0.25, 0.3) is 0 Å². The molecular formula is C12H20ClN7+2. The van der Waals surface area contributed by atoms with Gasteiger partial charge in [-0.1, -0.05) is 6.92 Å². The summed E-state index contributed by atoms with van der Waals surface area (Å²) in [5, 5.41) is 8.55. The summed E-state index contributed by atoms with van der Waals surface area (Å²) >= 11 is 5.75. The van der Waals surface area contributed by atoms with Crippen LogP contribution in [0.4, 0.5) is 11.8 Å². The minimum absolute atomic E-state index is 0.0670. The highest BCUT2D eigenvalue weighted by molar-refractivity contribution is 6.68. The molecule has 0 amide bonds. The van der Waals surface area contributed by atoms with E-state index in [2.05, 4.69) is 27.2 Å². The minimum Gasteiger partial charge on any atom is -0.403 e. The number of anilines is 2. The minimum atomic E-state index is 0.0670. The van der Waals surface area contributed by atoms with Crippen molar-refractivity contribution in [3.05, 3.63) is 23.2 Å². The molecular weight excluding hydrogens is 278 g/mol. The van der Waals surface area contributed by atoms with Crippen molar-refractivity contribution in [2.75, 3.05) is 17.6 Å². The summed E-state index contributed by atoms with van der Waals surface area (Å²) in [7, 11) is 0. The van der Waals surface area contributed by atoms with Crippen molar-refractivity contribution in [1.82, 2.24) is 9.97 Å². The van der Waals surface area contributed by atoms with E-state index in [1.165, 1.54) is 6.20 Å². The van der Waals surface area contributed by atoms with Gasteiger partial charge in [0.2, 0.25) is 5.95 Å². The maximum atomic E-state index is 5.81. The van der Waals surface area contributed by atoms with Crippen molar-refractivity contribution in [2.45, 2.75) is 20.3 Å². The Kier molecular flexibility index (Phi) is 5.92. The van der Waals surface area contributed by atoms with E-state index in [1.54, 1.807) is 13.1 Å². The summed E-state index contributed by atoms with van der Waals surface area (Å²) in [6.45, 7) is 4.66. The highest BCUT2D eigenvalue weighted by Gasteiger charge is 2.16. The van der Waals surface area contributed by atoms with E-state index in [-0.39, 0.29) is 11.0 Å². The molecule has 0 saturated heterocycles. The number of hydrogen-bond acceptors (Lipinski definition) is 5. The van der Waals surface area contributed by atoms with Gasteiger partial charge in [0.05, 0.1) is 5.69 Å². The van der Waals surface area contributed by atoms with Crippen LogP contribution >= 0.6 is 11.6 Å². The van der Waals surface area contributed by atoms with E-state index in [0.717, 1.165) is 13.0 Å². The molecule has 8 heteroatoms. The SMILES string of the molecule is CCC[NH+]=CC(=CN)Nc1nc(C)c(C(=[NH2+])Cl)c(N)n1. The Morgan fingerprint density at radius 2 is 2.20 bits per heavy atom. The number of nitrogens with zero attached hydrogens (tertiary/aromatic N) is 2. The van der Waals surface area contributed by atoms with E-state index in [9.17, 15) is 0 Å². The molecule has 0 aliphatic heterocycles. The molecule has 1 rings (SSSR count). The van der Waals surface area contributed by atoms with Crippen LogP contribution in [0.1, 0.15) is 24.6 Å². The Labute approximate surface area is 122 Å². The van der Waals surface area contributed by atoms with Gasteiger partial charge in [-0.2, -0.15) is 4.98 Å². The maximum Gasteiger partial charge on any atom is 0.279 e. The monoisotopic (exact) mass is 297 g/mol. The van der Waals surface area contributed by atoms with Crippen molar-refractivity contribution >= 4 is 34.8 Å². The van der Waals surface area contributed by atoms with Crippen LogP contribution in [0, 0.1) is 6.92 Å². The standard InChI is InChI=1S/C12H18ClN7/c1-3-4-17-6-8(5-14)19-12-18-7(2)9(10(13)15)11(16)20-12/h5-6,15H,3-4,14H2,1-2H3,(H3,16,18,19,20)/p+2. The summed E-state index contributed by atoms with van der Waals surface area (Å²) in [6.07, 6.45) is 4.16. The Balaban J connectivity index is 2.96. The Bertz CT molecular complexity index is 528. The van der Waals surface area contributed by atoms with Crippen molar-refractivity contribution in [1.29, 1.82) is 0 Å². The Morgan fingerprint density at radius 1 is 1.50 bits per heavy atom. The van der Waals surface area contributed by atoms with Crippen LogP contribution < -0.4 is 27.2 Å². The molecule has 20 heavy (non-hydrogen) atoms. The predicted molar refractivity (Wildman–Crippen MR) is 81.1 cm³/mol. The van der Waals surface area contributed by atoms with Gasteiger partial charge in [0.25, 0.3) is 5.17 Å². The van der Waals surface area contributed by atoms with Gasteiger partial charge < -0.3 is 16.8 Å². The maximum absolute atomic E-state index is 5.81. The summed E-state index contributed by atoms with van der Waals surface area (Å²) in [4.78, 5) is 11.4. The molecule has 1 aromatic rings. The third-order valence-corrected chi connectivity index (χ3v) is 2.63. The first kappa shape index (κ1) is 15.9. The first-order valence-corrected chi connectivity index (χ1v) is 6.55. The zero-order chi connectivity index (χ0) is 15.1. The van der Waals surface area contributed by atoms with Gasteiger partial charge >= 0.3 is 0 Å². The summed E-state index contributed by atoms with van der Waals surface area (Å²) in [5.74, 6) is 0.540. The van der Waals surface area contributed by atoms with Gasteiger partial charge in [0, 0.05) is 12.6 Å². The van der Waals surface area contributed by atoms with Crippen LogP contribution in [0.5, 0.6) is 0 Å². The first-order valence-electron chi connectivity index (χ1n) is 6.17. The van der Waals surface area contributed by atoms with Crippen molar-refractivity contribution < 1.29 is 10.4 Å². The summed E-state index contributed by atoms with van der Waals surface area (Å²) in [5.41, 5.74) is 13.0. The van der Waals surface area contributed by atoms with Gasteiger partial charge in [-0.05, 0) is 18.5 Å². The number of nitrogen functional groups attached to an aromatic ring is 1. The average molecular weight is 298 g/mol. The van der Waals surface area contributed by atoms with Crippen LogP contribution in [0.2, 0.25) is 0 Å². The number of nitrogens with one attached hydrogen (secondary N) is 2. The molecule has 108 valence electrons. The van der Waals surface area contributed by atoms with E-state index in [4.69, 9.17) is 28.5 Å². The summed E-state index contributed by atoms with van der Waals surface area (Å²) in [6, 6.07) is 0. The molecule has 0 spiro atoms. The lowest BCUT2D eigenvalue weighted by molar-refractivity contribution is -0.451.